The van der Waals surface area contributed by atoms with Crippen LogP contribution in [0.1, 0.15) is 5.56 Å². The van der Waals surface area contributed by atoms with E-state index < -0.39 is 7.12 Å². The van der Waals surface area contributed by atoms with Crippen LogP contribution in [0.2, 0.25) is 0 Å². The fourth-order valence-corrected chi connectivity index (χ4v) is 1.37. The van der Waals surface area contributed by atoms with Gasteiger partial charge in [0.25, 0.3) is 0 Å². The van der Waals surface area contributed by atoms with Gasteiger partial charge in [-0.2, -0.15) is 0 Å². The molecule has 0 amide bonds. The highest BCUT2D eigenvalue weighted by molar-refractivity contribution is 6.58. The smallest absolute Gasteiger partial charge is 0.423 e. The molecule has 0 heterocycles. The van der Waals surface area contributed by atoms with Gasteiger partial charge in [0.2, 0.25) is 0 Å². The molecule has 0 aliphatic rings. The highest BCUT2D eigenvalue weighted by atomic mass is 16.4. The zero-order valence-corrected chi connectivity index (χ0v) is 8.72. The number of hydrogen-bond donors (Lipinski definition) is 4. The Kier molecular flexibility index (Phi) is 4.78. The van der Waals surface area contributed by atoms with E-state index in [1.807, 2.05) is 12.1 Å². The summed E-state index contributed by atoms with van der Waals surface area (Å²) in [6.07, 6.45) is 0.717. The van der Waals surface area contributed by atoms with E-state index in [1.165, 1.54) is 0 Å². The number of benzene rings is 1. The average Bonchev–Trinajstić information content (AvgIpc) is 2.26. The molecule has 0 aliphatic heterocycles. The van der Waals surface area contributed by atoms with Crippen molar-refractivity contribution < 1.29 is 15.2 Å². The van der Waals surface area contributed by atoms with Gasteiger partial charge in [0, 0.05) is 6.04 Å². The van der Waals surface area contributed by atoms with Crippen molar-refractivity contribution in [2.75, 3.05) is 13.7 Å². The molecule has 4 nitrogen and oxygen atoms in total. The predicted molar refractivity (Wildman–Crippen MR) is 59.9 cm³/mol. The van der Waals surface area contributed by atoms with Gasteiger partial charge >= 0.3 is 7.12 Å². The number of aliphatic hydroxyl groups is 1. The largest absolute Gasteiger partial charge is 0.488 e. The van der Waals surface area contributed by atoms with Crippen LogP contribution in [-0.2, 0) is 6.42 Å². The van der Waals surface area contributed by atoms with Crippen LogP contribution < -0.4 is 10.8 Å². The van der Waals surface area contributed by atoms with Crippen molar-refractivity contribution in [3.8, 4) is 0 Å². The van der Waals surface area contributed by atoms with E-state index in [9.17, 15) is 0 Å². The minimum atomic E-state index is -1.42. The molecule has 0 bridgehead atoms. The lowest BCUT2D eigenvalue weighted by Crippen LogP contribution is -2.32. The van der Waals surface area contributed by atoms with Crippen LogP contribution >= 0.6 is 0 Å². The Hall–Kier alpha value is -0.875. The minimum Gasteiger partial charge on any atom is -0.423 e. The maximum absolute atomic E-state index is 8.99. The van der Waals surface area contributed by atoms with Crippen LogP contribution in [0.3, 0.4) is 0 Å². The molecule has 0 aliphatic carbocycles. The summed E-state index contributed by atoms with van der Waals surface area (Å²) < 4.78 is 0. The third-order valence-electron chi connectivity index (χ3n) is 2.39. The topological polar surface area (TPSA) is 72.7 Å². The first-order chi connectivity index (χ1) is 7.17. The molecular weight excluding hydrogens is 193 g/mol. The molecule has 0 saturated heterocycles. The van der Waals surface area contributed by atoms with Gasteiger partial charge in [-0.05, 0) is 24.5 Å². The van der Waals surface area contributed by atoms with E-state index in [0.717, 1.165) is 12.0 Å². The van der Waals surface area contributed by atoms with E-state index in [0.29, 0.717) is 5.46 Å². The Labute approximate surface area is 89.7 Å². The molecule has 15 heavy (non-hydrogen) atoms. The number of hydrogen-bond acceptors (Lipinski definition) is 4. The van der Waals surface area contributed by atoms with Gasteiger partial charge in [0.1, 0.15) is 0 Å². The van der Waals surface area contributed by atoms with Gasteiger partial charge in [-0.25, -0.2) is 0 Å². The first-order valence-electron chi connectivity index (χ1n) is 4.90. The third-order valence-corrected chi connectivity index (χ3v) is 2.39. The minimum absolute atomic E-state index is 0.0369. The summed E-state index contributed by atoms with van der Waals surface area (Å²) >= 11 is 0. The Morgan fingerprint density at radius 1 is 1.27 bits per heavy atom. The second-order valence-corrected chi connectivity index (χ2v) is 3.49. The lowest BCUT2D eigenvalue weighted by molar-refractivity contribution is 0.248. The van der Waals surface area contributed by atoms with E-state index in [-0.39, 0.29) is 12.6 Å². The molecule has 0 radical (unpaired) electrons. The number of aliphatic hydroxyl groups excluding tert-OH is 1. The zero-order valence-electron chi connectivity index (χ0n) is 8.72. The maximum atomic E-state index is 8.99. The van der Waals surface area contributed by atoms with Crippen molar-refractivity contribution >= 4 is 12.6 Å². The molecule has 5 heteroatoms. The van der Waals surface area contributed by atoms with Crippen LogP contribution in [0.5, 0.6) is 0 Å². The van der Waals surface area contributed by atoms with Gasteiger partial charge in [0.05, 0.1) is 6.61 Å². The van der Waals surface area contributed by atoms with E-state index in [4.69, 9.17) is 15.2 Å². The number of nitrogens with one attached hydrogen (secondary N) is 1. The molecule has 1 aromatic rings. The van der Waals surface area contributed by atoms with Gasteiger partial charge < -0.3 is 20.5 Å². The van der Waals surface area contributed by atoms with Gasteiger partial charge in [-0.1, -0.05) is 24.3 Å². The van der Waals surface area contributed by atoms with E-state index in [2.05, 4.69) is 5.32 Å². The lowest BCUT2D eigenvalue weighted by atomic mass is 9.80. The molecule has 1 aromatic carbocycles. The monoisotopic (exact) mass is 209 g/mol. The van der Waals surface area contributed by atoms with Crippen molar-refractivity contribution in [3.63, 3.8) is 0 Å². The van der Waals surface area contributed by atoms with Crippen molar-refractivity contribution in [3.05, 3.63) is 29.8 Å². The van der Waals surface area contributed by atoms with E-state index in [1.54, 1.807) is 19.2 Å². The lowest BCUT2D eigenvalue weighted by Gasteiger charge is -2.13. The second-order valence-electron chi connectivity index (χ2n) is 3.49. The Balaban J connectivity index is 2.63. The summed E-state index contributed by atoms with van der Waals surface area (Å²) in [5.74, 6) is 0. The highest BCUT2D eigenvalue weighted by Gasteiger charge is 2.10. The molecule has 1 rings (SSSR count). The van der Waals surface area contributed by atoms with Gasteiger partial charge in [-0.3, -0.25) is 0 Å². The van der Waals surface area contributed by atoms with Gasteiger partial charge in [0.15, 0.2) is 0 Å². The van der Waals surface area contributed by atoms with Crippen LogP contribution in [0.4, 0.5) is 0 Å². The number of rotatable bonds is 5. The zero-order chi connectivity index (χ0) is 11.3. The van der Waals surface area contributed by atoms with E-state index >= 15 is 0 Å². The first-order valence-corrected chi connectivity index (χ1v) is 4.90. The molecule has 0 fully saturated rings. The predicted octanol–water partition coefficient (Wildman–Crippen LogP) is -1.51. The quantitative estimate of drug-likeness (QED) is 0.445. The van der Waals surface area contributed by atoms with Crippen molar-refractivity contribution in [1.82, 2.24) is 5.32 Å². The second kappa shape index (κ2) is 5.87. The summed E-state index contributed by atoms with van der Waals surface area (Å²) in [5.41, 5.74) is 1.52. The summed E-state index contributed by atoms with van der Waals surface area (Å²) in [6.45, 7) is 0.0842. The van der Waals surface area contributed by atoms with Crippen LogP contribution in [0.15, 0.2) is 24.3 Å². The molecule has 0 saturated carbocycles. The average molecular weight is 209 g/mol. The van der Waals surface area contributed by atoms with Gasteiger partial charge in [-0.15, -0.1) is 0 Å². The summed E-state index contributed by atoms with van der Waals surface area (Å²) in [7, 11) is 0.379. The molecule has 4 N–H and O–H groups in total. The van der Waals surface area contributed by atoms with Crippen LogP contribution in [0.25, 0.3) is 0 Å². The molecule has 0 spiro atoms. The fourth-order valence-electron chi connectivity index (χ4n) is 1.37. The summed E-state index contributed by atoms with van der Waals surface area (Å²) in [6, 6.07) is 7.03. The normalized spacial score (nSPS) is 12.5. The van der Waals surface area contributed by atoms with Crippen LogP contribution in [-0.4, -0.2) is 42.0 Å². The Morgan fingerprint density at radius 2 is 1.87 bits per heavy atom. The molecule has 0 aromatic heterocycles. The molecule has 1 unspecified atom stereocenters. The van der Waals surface area contributed by atoms with Crippen molar-refractivity contribution in [2.24, 2.45) is 0 Å². The SMILES string of the molecule is CNC(CO)Cc1ccc(B(O)O)cc1. The highest BCUT2D eigenvalue weighted by Crippen LogP contribution is 2.01. The fraction of sp³-hybridized carbons (Fsp3) is 0.400. The maximum Gasteiger partial charge on any atom is 0.488 e. The van der Waals surface area contributed by atoms with Crippen LogP contribution in [0, 0.1) is 0 Å². The summed E-state index contributed by atoms with van der Waals surface area (Å²) in [5, 5.41) is 29.8. The molecule has 1 atom stereocenters. The molecule has 82 valence electrons. The first kappa shape index (κ1) is 12.2. The van der Waals surface area contributed by atoms with Crippen molar-refractivity contribution in [2.45, 2.75) is 12.5 Å². The Morgan fingerprint density at radius 3 is 2.27 bits per heavy atom. The molecular formula is C10H16BNO3. The van der Waals surface area contributed by atoms with Crippen molar-refractivity contribution in [1.29, 1.82) is 0 Å². The summed E-state index contributed by atoms with van der Waals surface area (Å²) in [4.78, 5) is 0. The Bertz CT molecular complexity index is 285. The number of likely N-dealkylation sites (N-methyl/N-ethyl adjacent to an activating group) is 1. The third kappa shape index (κ3) is 3.64. The standard InChI is InChI=1S/C10H16BNO3/c1-12-10(7-13)6-8-2-4-9(5-3-8)11(14)15/h2-5,10,12-15H,6-7H2,1H3.